The summed E-state index contributed by atoms with van der Waals surface area (Å²) >= 11 is 0. The first-order valence-corrected chi connectivity index (χ1v) is 8.32. The lowest BCUT2D eigenvalue weighted by molar-refractivity contribution is 0.102. The number of carbonyl (C=O) groups excluding carboxylic acids is 1. The Labute approximate surface area is 157 Å². The highest BCUT2D eigenvalue weighted by molar-refractivity contribution is 6.04. The van der Waals surface area contributed by atoms with Crippen LogP contribution in [0.1, 0.15) is 21.6 Å². The quantitative estimate of drug-likeness (QED) is 0.639. The van der Waals surface area contributed by atoms with Gasteiger partial charge in [-0.3, -0.25) is 9.89 Å². The van der Waals surface area contributed by atoms with Crippen molar-refractivity contribution in [3.05, 3.63) is 53.2 Å². The number of rotatable bonds is 5. The van der Waals surface area contributed by atoms with Crippen LogP contribution in [0.15, 0.2) is 36.4 Å². The predicted molar refractivity (Wildman–Crippen MR) is 103 cm³/mol. The van der Waals surface area contributed by atoms with E-state index in [2.05, 4.69) is 15.5 Å². The third-order valence-corrected chi connectivity index (χ3v) is 4.19. The van der Waals surface area contributed by atoms with Gasteiger partial charge >= 0.3 is 0 Å². The van der Waals surface area contributed by atoms with Gasteiger partial charge in [-0.2, -0.15) is 5.10 Å². The molecule has 0 aliphatic carbocycles. The molecule has 3 aromatic rings. The summed E-state index contributed by atoms with van der Waals surface area (Å²) < 4.78 is 10.4. The predicted octanol–water partition coefficient (Wildman–Crippen LogP) is 3.67. The molecule has 7 heteroatoms. The van der Waals surface area contributed by atoms with Crippen LogP contribution < -0.4 is 14.8 Å². The molecule has 0 spiro atoms. The molecule has 0 fully saturated rings. The maximum absolute atomic E-state index is 12.6. The van der Waals surface area contributed by atoms with Gasteiger partial charge in [0.05, 0.1) is 25.6 Å². The summed E-state index contributed by atoms with van der Waals surface area (Å²) in [6.45, 7) is 3.79. The Morgan fingerprint density at radius 2 is 1.89 bits per heavy atom. The Kier molecular flexibility index (Phi) is 5.03. The van der Waals surface area contributed by atoms with Crippen LogP contribution in [0.2, 0.25) is 0 Å². The molecule has 0 bridgehead atoms. The first-order valence-electron chi connectivity index (χ1n) is 8.32. The van der Waals surface area contributed by atoms with Gasteiger partial charge < -0.3 is 19.9 Å². The highest BCUT2D eigenvalue weighted by atomic mass is 16.5. The summed E-state index contributed by atoms with van der Waals surface area (Å²) in [7, 11) is 3.07. The van der Waals surface area contributed by atoms with E-state index in [1.165, 1.54) is 7.11 Å². The van der Waals surface area contributed by atoms with Crippen LogP contribution in [0.25, 0.3) is 11.3 Å². The van der Waals surface area contributed by atoms with E-state index in [9.17, 15) is 9.90 Å². The summed E-state index contributed by atoms with van der Waals surface area (Å²) in [6.07, 6.45) is 0. The fourth-order valence-electron chi connectivity index (χ4n) is 2.94. The van der Waals surface area contributed by atoms with Gasteiger partial charge in [-0.05, 0) is 49.2 Å². The molecular formula is C20H21N3O4. The number of aromatic hydroxyl groups is 1. The van der Waals surface area contributed by atoms with Crippen molar-refractivity contribution < 1.29 is 19.4 Å². The summed E-state index contributed by atoms with van der Waals surface area (Å²) in [5, 5.41) is 19.9. The lowest BCUT2D eigenvalue weighted by Crippen LogP contribution is -2.13. The Balaban J connectivity index is 1.86. The number of methoxy groups -OCH3 is 2. The van der Waals surface area contributed by atoms with Crippen LogP contribution >= 0.6 is 0 Å². The smallest absolute Gasteiger partial charge is 0.273 e. The molecule has 1 amide bonds. The van der Waals surface area contributed by atoms with Crippen molar-refractivity contribution >= 4 is 11.6 Å². The van der Waals surface area contributed by atoms with Gasteiger partial charge in [0, 0.05) is 11.6 Å². The van der Waals surface area contributed by atoms with Gasteiger partial charge in [-0.25, -0.2) is 0 Å². The molecule has 0 saturated carbocycles. The summed E-state index contributed by atoms with van der Waals surface area (Å²) in [5.74, 6) is 0.859. The molecule has 140 valence electrons. The zero-order chi connectivity index (χ0) is 19.6. The summed E-state index contributed by atoms with van der Waals surface area (Å²) in [5.41, 5.74) is 3.70. The number of H-pyrrole nitrogens is 1. The van der Waals surface area contributed by atoms with E-state index in [-0.39, 0.29) is 17.4 Å². The van der Waals surface area contributed by atoms with Crippen molar-refractivity contribution in [3.8, 4) is 28.5 Å². The van der Waals surface area contributed by atoms with E-state index >= 15 is 0 Å². The number of hydrogen-bond acceptors (Lipinski definition) is 5. The number of nitrogens with zero attached hydrogens (tertiary/aromatic N) is 1. The van der Waals surface area contributed by atoms with E-state index in [4.69, 9.17) is 9.47 Å². The number of phenolic OH excluding ortho intramolecular Hbond substituents is 1. The van der Waals surface area contributed by atoms with Crippen molar-refractivity contribution in [1.29, 1.82) is 0 Å². The fourth-order valence-corrected chi connectivity index (χ4v) is 2.94. The standard InChI is InChI=1S/C20H21N3O4/c1-11-7-12(2)19(17(24)8-11)15-10-16(23-22-15)20(25)21-14-6-5-13(26-3)9-18(14)27-4/h5-10,24H,1-4H3,(H,21,25)(H,22,23). The number of nitrogens with one attached hydrogen (secondary N) is 2. The van der Waals surface area contributed by atoms with Gasteiger partial charge in [0.15, 0.2) is 0 Å². The first kappa shape index (κ1) is 18.3. The van der Waals surface area contributed by atoms with Crippen molar-refractivity contribution in [2.75, 3.05) is 19.5 Å². The number of ether oxygens (including phenoxy) is 2. The lowest BCUT2D eigenvalue weighted by atomic mass is 10.0. The van der Waals surface area contributed by atoms with Gasteiger partial charge in [-0.1, -0.05) is 6.07 Å². The molecular weight excluding hydrogens is 346 g/mol. The maximum atomic E-state index is 12.6. The minimum atomic E-state index is -0.374. The second kappa shape index (κ2) is 7.41. The average molecular weight is 367 g/mol. The Morgan fingerprint density at radius 1 is 1.11 bits per heavy atom. The number of amides is 1. The normalized spacial score (nSPS) is 10.5. The molecule has 7 nitrogen and oxygen atoms in total. The SMILES string of the molecule is COc1ccc(NC(=O)c2cc(-c3c(C)cc(C)cc3O)n[nH]2)c(OC)c1. The highest BCUT2D eigenvalue weighted by Crippen LogP contribution is 2.33. The van der Waals surface area contributed by atoms with Gasteiger partial charge in [-0.15, -0.1) is 0 Å². The molecule has 0 saturated heterocycles. The van der Waals surface area contributed by atoms with E-state index < -0.39 is 0 Å². The molecule has 3 rings (SSSR count). The highest BCUT2D eigenvalue weighted by Gasteiger charge is 2.17. The maximum Gasteiger partial charge on any atom is 0.273 e. The van der Waals surface area contributed by atoms with E-state index in [0.29, 0.717) is 28.4 Å². The second-order valence-electron chi connectivity index (χ2n) is 6.16. The fraction of sp³-hybridized carbons (Fsp3) is 0.200. The molecule has 1 heterocycles. The minimum absolute atomic E-state index is 0.128. The van der Waals surface area contributed by atoms with Crippen LogP contribution in [-0.4, -0.2) is 35.4 Å². The van der Waals surface area contributed by atoms with E-state index in [1.54, 1.807) is 37.4 Å². The summed E-state index contributed by atoms with van der Waals surface area (Å²) in [4.78, 5) is 12.6. The monoisotopic (exact) mass is 367 g/mol. The molecule has 3 N–H and O–H groups in total. The molecule has 0 unspecified atom stereocenters. The van der Waals surface area contributed by atoms with Crippen LogP contribution in [0.5, 0.6) is 17.2 Å². The Hall–Kier alpha value is -3.48. The number of aryl methyl sites for hydroxylation is 2. The number of aromatic amines is 1. The Bertz CT molecular complexity index is 972. The largest absolute Gasteiger partial charge is 0.507 e. The molecule has 0 aliphatic heterocycles. The van der Waals surface area contributed by atoms with Gasteiger partial charge in [0.2, 0.25) is 0 Å². The zero-order valence-electron chi connectivity index (χ0n) is 15.6. The van der Waals surface area contributed by atoms with Gasteiger partial charge in [0.25, 0.3) is 5.91 Å². The molecule has 0 radical (unpaired) electrons. The number of anilines is 1. The number of phenols is 1. The Morgan fingerprint density at radius 3 is 2.56 bits per heavy atom. The zero-order valence-corrected chi connectivity index (χ0v) is 15.6. The number of hydrogen-bond donors (Lipinski definition) is 3. The van der Waals surface area contributed by atoms with Crippen molar-refractivity contribution in [2.45, 2.75) is 13.8 Å². The van der Waals surface area contributed by atoms with Crippen molar-refractivity contribution in [2.24, 2.45) is 0 Å². The minimum Gasteiger partial charge on any atom is -0.507 e. The first-order chi connectivity index (χ1) is 12.9. The molecule has 1 aromatic heterocycles. The number of carbonyl (C=O) groups is 1. The van der Waals surface area contributed by atoms with Crippen LogP contribution in [0.3, 0.4) is 0 Å². The molecule has 27 heavy (non-hydrogen) atoms. The molecule has 2 aromatic carbocycles. The van der Waals surface area contributed by atoms with Crippen LogP contribution in [0.4, 0.5) is 5.69 Å². The average Bonchev–Trinajstić information content (AvgIpc) is 3.11. The van der Waals surface area contributed by atoms with Crippen molar-refractivity contribution in [3.63, 3.8) is 0 Å². The second-order valence-corrected chi connectivity index (χ2v) is 6.16. The van der Waals surface area contributed by atoms with Crippen molar-refractivity contribution in [1.82, 2.24) is 10.2 Å². The third-order valence-electron chi connectivity index (χ3n) is 4.19. The number of benzene rings is 2. The van der Waals surface area contributed by atoms with Crippen LogP contribution in [0, 0.1) is 13.8 Å². The summed E-state index contributed by atoms with van der Waals surface area (Å²) in [6, 6.07) is 10.3. The third kappa shape index (κ3) is 3.72. The number of aromatic nitrogens is 2. The van der Waals surface area contributed by atoms with Crippen LogP contribution in [-0.2, 0) is 0 Å². The van der Waals surface area contributed by atoms with E-state index in [0.717, 1.165) is 11.1 Å². The lowest BCUT2D eigenvalue weighted by Gasteiger charge is -2.10. The van der Waals surface area contributed by atoms with Gasteiger partial charge in [0.1, 0.15) is 22.9 Å². The molecule has 0 aliphatic rings. The topological polar surface area (TPSA) is 96.5 Å². The van der Waals surface area contributed by atoms with E-state index in [1.807, 2.05) is 19.9 Å². The molecule has 0 atom stereocenters.